The van der Waals surface area contributed by atoms with Crippen LogP contribution >= 0.6 is 0 Å². The summed E-state index contributed by atoms with van der Waals surface area (Å²) in [6.07, 6.45) is 7.96. The summed E-state index contributed by atoms with van der Waals surface area (Å²) < 4.78 is 1.60. The van der Waals surface area contributed by atoms with Gasteiger partial charge in [0.1, 0.15) is 18.8 Å². The van der Waals surface area contributed by atoms with E-state index in [9.17, 15) is 0 Å². The molecule has 0 atom stereocenters. The Balaban J connectivity index is 1.94. The highest BCUT2D eigenvalue weighted by atomic mass is 16.7. The molecule has 84 valence electrons. The molecular formula is C10H13N5O. The molecule has 0 radical (unpaired) electrons. The Morgan fingerprint density at radius 1 is 1.25 bits per heavy atom. The first-order chi connectivity index (χ1) is 7.84. The first kappa shape index (κ1) is 9.38. The van der Waals surface area contributed by atoms with E-state index >= 15 is 0 Å². The topological polar surface area (TPSA) is 78.9 Å². The number of nitrogen functional groups attached to an aromatic ring is 1. The van der Waals surface area contributed by atoms with Crippen LogP contribution in [0.2, 0.25) is 0 Å². The van der Waals surface area contributed by atoms with Gasteiger partial charge in [-0.05, 0) is 25.7 Å². The highest BCUT2D eigenvalue weighted by Crippen LogP contribution is 2.20. The van der Waals surface area contributed by atoms with Gasteiger partial charge in [-0.25, -0.2) is 15.0 Å². The quantitative estimate of drug-likeness (QED) is 0.807. The summed E-state index contributed by atoms with van der Waals surface area (Å²) in [5, 5.41) is 0. The van der Waals surface area contributed by atoms with Crippen molar-refractivity contribution in [2.75, 3.05) is 5.73 Å². The summed E-state index contributed by atoms with van der Waals surface area (Å²) in [7, 11) is 0. The predicted molar refractivity (Wildman–Crippen MR) is 58.6 cm³/mol. The van der Waals surface area contributed by atoms with E-state index in [1.165, 1.54) is 19.2 Å². The molecular weight excluding hydrogens is 206 g/mol. The Labute approximate surface area is 92.4 Å². The van der Waals surface area contributed by atoms with E-state index in [4.69, 9.17) is 10.6 Å². The third kappa shape index (κ3) is 1.46. The normalized spacial score (nSPS) is 17.0. The van der Waals surface area contributed by atoms with Crippen LogP contribution in [0, 0.1) is 0 Å². The molecule has 1 aliphatic carbocycles. The molecule has 0 bridgehead atoms. The molecule has 2 aromatic rings. The number of hydrogen-bond acceptors (Lipinski definition) is 5. The zero-order chi connectivity index (χ0) is 11.0. The minimum atomic E-state index is 0.272. The number of nitrogens with two attached hydrogens (primary N) is 1. The highest BCUT2D eigenvalue weighted by molar-refractivity contribution is 5.80. The SMILES string of the molecule is Nc1ncnc2c1ncn2OC1CCCC1. The van der Waals surface area contributed by atoms with Crippen LogP contribution in [0.1, 0.15) is 25.7 Å². The van der Waals surface area contributed by atoms with Crippen LogP contribution in [0.15, 0.2) is 12.7 Å². The second-order valence-electron chi connectivity index (χ2n) is 4.01. The maximum absolute atomic E-state index is 5.79. The van der Waals surface area contributed by atoms with Crippen molar-refractivity contribution in [2.45, 2.75) is 31.8 Å². The molecule has 0 aliphatic heterocycles. The van der Waals surface area contributed by atoms with Gasteiger partial charge in [0.25, 0.3) is 0 Å². The molecule has 6 heteroatoms. The number of nitrogens with zero attached hydrogens (tertiary/aromatic N) is 4. The monoisotopic (exact) mass is 219 g/mol. The van der Waals surface area contributed by atoms with Gasteiger partial charge in [-0.15, -0.1) is 0 Å². The number of aromatic nitrogens is 4. The third-order valence-corrected chi connectivity index (χ3v) is 2.90. The van der Waals surface area contributed by atoms with Gasteiger partial charge in [-0.3, -0.25) is 0 Å². The summed E-state index contributed by atoms with van der Waals surface area (Å²) in [4.78, 5) is 18.0. The van der Waals surface area contributed by atoms with Crippen molar-refractivity contribution in [3.8, 4) is 0 Å². The second kappa shape index (κ2) is 3.62. The van der Waals surface area contributed by atoms with E-state index < -0.39 is 0 Å². The van der Waals surface area contributed by atoms with Gasteiger partial charge in [0.05, 0.1) is 0 Å². The summed E-state index contributed by atoms with van der Waals surface area (Å²) in [5.41, 5.74) is 6.93. The van der Waals surface area contributed by atoms with Crippen LogP contribution in [0.4, 0.5) is 5.82 Å². The van der Waals surface area contributed by atoms with Crippen molar-refractivity contribution in [3.63, 3.8) is 0 Å². The van der Waals surface area contributed by atoms with Crippen LogP contribution in [-0.4, -0.2) is 25.8 Å². The number of fused-ring (bicyclic) bond motifs is 1. The van der Waals surface area contributed by atoms with Gasteiger partial charge in [0, 0.05) is 0 Å². The van der Waals surface area contributed by atoms with E-state index in [0.29, 0.717) is 17.0 Å². The summed E-state index contributed by atoms with van der Waals surface area (Å²) in [5.74, 6) is 0.388. The fourth-order valence-corrected chi connectivity index (χ4v) is 2.06. The van der Waals surface area contributed by atoms with Crippen LogP contribution in [0.5, 0.6) is 0 Å². The molecule has 6 nitrogen and oxygen atoms in total. The molecule has 16 heavy (non-hydrogen) atoms. The molecule has 1 aliphatic rings. The molecule has 0 amide bonds. The molecule has 0 spiro atoms. The minimum absolute atomic E-state index is 0.272. The number of rotatable bonds is 2. The predicted octanol–water partition coefficient (Wildman–Crippen LogP) is 0.780. The molecule has 0 aromatic carbocycles. The van der Waals surface area contributed by atoms with Crippen LogP contribution < -0.4 is 10.6 Å². The molecule has 1 saturated carbocycles. The molecule has 2 N–H and O–H groups in total. The van der Waals surface area contributed by atoms with E-state index in [1.807, 2.05) is 0 Å². The Bertz CT molecular complexity index is 503. The fraction of sp³-hybridized carbons (Fsp3) is 0.500. The van der Waals surface area contributed by atoms with Gasteiger partial charge >= 0.3 is 0 Å². The van der Waals surface area contributed by atoms with Crippen molar-refractivity contribution in [2.24, 2.45) is 0 Å². The van der Waals surface area contributed by atoms with E-state index in [1.54, 1.807) is 11.1 Å². The standard InChI is InChI=1S/C10H13N5O/c11-9-8-10(13-5-12-9)15(6-14-8)16-7-3-1-2-4-7/h5-7H,1-4H2,(H2,11,12,13). The lowest BCUT2D eigenvalue weighted by Gasteiger charge is -2.12. The van der Waals surface area contributed by atoms with Gasteiger partial charge in [0.2, 0.25) is 5.65 Å². The van der Waals surface area contributed by atoms with Crippen LogP contribution in [0.25, 0.3) is 11.2 Å². The molecule has 2 heterocycles. The highest BCUT2D eigenvalue weighted by Gasteiger charge is 2.18. The van der Waals surface area contributed by atoms with Crippen LogP contribution in [-0.2, 0) is 0 Å². The largest absolute Gasteiger partial charge is 0.408 e. The zero-order valence-corrected chi connectivity index (χ0v) is 8.83. The Morgan fingerprint density at radius 2 is 2.06 bits per heavy atom. The number of imidazole rings is 1. The first-order valence-corrected chi connectivity index (χ1v) is 5.45. The summed E-state index contributed by atoms with van der Waals surface area (Å²) >= 11 is 0. The maximum Gasteiger partial charge on any atom is 0.201 e. The lowest BCUT2D eigenvalue weighted by molar-refractivity contribution is 0.0476. The van der Waals surface area contributed by atoms with E-state index in [2.05, 4.69) is 15.0 Å². The van der Waals surface area contributed by atoms with Gasteiger partial charge in [-0.1, -0.05) is 0 Å². The average Bonchev–Trinajstić information content (AvgIpc) is 2.90. The molecule has 3 rings (SSSR count). The first-order valence-electron chi connectivity index (χ1n) is 5.45. The minimum Gasteiger partial charge on any atom is -0.408 e. The fourth-order valence-electron chi connectivity index (χ4n) is 2.06. The van der Waals surface area contributed by atoms with Crippen LogP contribution in [0.3, 0.4) is 0 Å². The Hall–Kier alpha value is -1.85. The van der Waals surface area contributed by atoms with Crippen molar-refractivity contribution < 1.29 is 4.84 Å². The van der Waals surface area contributed by atoms with Gasteiger partial charge in [0.15, 0.2) is 11.3 Å². The summed E-state index contributed by atoms with van der Waals surface area (Å²) in [6.45, 7) is 0. The smallest absolute Gasteiger partial charge is 0.201 e. The molecule has 0 unspecified atom stereocenters. The Kier molecular flexibility index (Phi) is 2.12. The molecule has 0 saturated heterocycles. The van der Waals surface area contributed by atoms with Crippen molar-refractivity contribution in [1.29, 1.82) is 0 Å². The summed E-state index contributed by atoms with van der Waals surface area (Å²) in [6, 6.07) is 0. The molecule has 1 fully saturated rings. The van der Waals surface area contributed by atoms with E-state index in [0.717, 1.165) is 12.8 Å². The average molecular weight is 219 g/mol. The van der Waals surface area contributed by atoms with E-state index in [-0.39, 0.29) is 6.10 Å². The van der Waals surface area contributed by atoms with Crippen molar-refractivity contribution in [1.82, 2.24) is 19.7 Å². The zero-order valence-electron chi connectivity index (χ0n) is 8.83. The number of hydrogen-bond donors (Lipinski definition) is 1. The number of anilines is 1. The van der Waals surface area contributed by atoms with Gasteiger partial charge < -0.3 is 10.6 Å². The third-order valence-electron chi connectivity index (χ3n) is 2.90. The Morgan fingerprint density at radius 3 is 2.88 bits per heavy atom. The lowest BCUT2D eigenvalue weighted by Crippen LogP contribution is -2.21. The van der Waals surface area contributed by atoms with Crippen molar-refractivity contribution >= 4 is 17.0 Å². The molecule has 2 aromatic heterocycles. The van der Waals surface area contributed by atoms with Gasteiger partial charge in [-0.2, -0.15) is 4.73 Å². The van der Waals surface area contributed by atoms with Crippen molar-refractivity contribution in [3.05, 3.63) is 12.7 Å². The lowest BCUT2D eigenvalue weighted by atomic mass is 10.3. The second-order valence-corrected chi connectivity index (χ2v) is 4.01. The maximum atomic E-state index is 5.79.